The lowest BCUT2D eigenvalue weighted by Crippen LogP contribution is -2.42. The highest BCUT2D eigenvalue weighted by Gasteiger charge is 2.38. The van der Waals surface area contributed by atoms with Gasteiger partial charge in [0, 0.05) is 6.42 Å². The number of benzene rings is 1. The molecular formula is C16H18F3NO3. The fourth-order valence-electron chi connectivity index (χ4n) is 2.62. The van der Waals surface area contributed by atoms with Crippen LogP contribution in [0.5, 0.6) is 0 Å². The van der Waals surface area contributed by atoms with Gasteiger partial charge in [-0.3, -0.25) is 4.79 Å². The van der Waals surface area contributed by atoms with Crippen molar-refractivity contribution in [1.82, 2.24) is 5.32 Å². The maximum atomic E-state index is 13.0. The van der Waals surface area contributed by atoms with Gasteiger partial charge >= 0.3 is 12.1 Å². The Kier molecular flexibility index (Phi) is 4.97. The van der Waals surface area contributed by atoms with Crippen LogP contribution >= 0.6 is 0 Å². The zero-order valence-corrected chi connectivity index (χ0v) is 12.6. The first-order valence-corrected chi connectivity index (χ1v) is 7.38. The normalized spacial score (nSPS) is 17.4. The van der Waals surface area contributed by atoms with Crippen LogP contribution in [0.3, 0.4) is 0 Å². The zero-order valence-electron chi connectivity index (χ0n) is 12.6. The van der Waals surface area contributed by atoms with Crippen molar-refractivity contribution >= 4 is 11.9 Å². The summed E-state index contributed by atoms with van der Waals surface area (Å²) >= 11 is 0. The van der Waals surface area contributed by atoms with Crippen LogP contribution in [0.15, 0.2) is 24.3 Å². The molecule has 1 fully saturated rings. The lowest BCUT2D eigenvalue weighted by Gasteiger charge is -2.19. The van der Waals surface area contributed by atoms with Gasteiger partial charge in [0.15, 0.2) is 0 Å². The topological polar surface area (TPSA) is 66.4 Å². The van der Waals surface area contributed by atoms with E-state index in [1.165, 1.54) is 25.1 Å². The van der Waals surface area contributed by atoms with Crippen molar-refractivity contribution in [3.8, 4) is 0 Å². The molecule has 0 saturated heterocycles. The summed E-state index contributed by atoms with van der Waals surface area (Å²) in [6.45, 7) is 1.52. The Bertz CT molecular complexity index is 596. The minimum Gasteiger partial charge on any atom is -0.480 e. The Hall–Kier alpha value is -2.05. The van der Waals surface area contributed by atoms with E-state index in [0.717, 1.165) is 18.9 Å². The van der Waals surface area contributed by atoms with Gasteiger partial charge in [-0.05, 0) is 36.3 Å². The lowest BCUT2D eigenvalue weighted by molar-refractivity contribution is -0.142. The molecule has 2 rings (SSSR count). The van der Waals surface area contributed by atoms with Crippen LogP contribution in [0, 0.1) is 5.92 Å². The number of amides is 1. The maximum absolute atomic E-state index is 13.0. The van der Waals surface area contributed by atoms with E-state index in [4.69, 9.17) is 5.11 Å². The fraction of sp³-hybridized carbons (Fsp3) is 0.500. The first-order chi connectivity index (χ1) is 10.7. The Morgan fingerprint density at radius 3 is 2.43 bits per heavy atom. The Balaban J connectivity index is 2.05. The van der Waals surface area contributed by atoms with Crippen molar-refractivity contribution in [2.45, 2.75) is 44.3 Å². The molecule has 1 aliphatic carbocycles. The number of carbonyl (C=O) groups excluding carboxylic acids is 1. The average Bonchev–Trinajstić information content (AvgIpc) is 3.28. The van der Waals surface area contributed by atoms with Crippen LogP contribution < -0.4 is 5.32 Å². The number of hydrogen-bond acceptors (Lipinski definition) is 2. The van der Waals surface area contributed by atoms with Gasteiger partial charge in [-0.15, -0.1) is 0 Å². The molecule has 7 heteroatoms. The number of nitrogens with one attached hydrogen (secondary N) is 1. The second-order valence-electron chi connectivity index (χ2n) is 5.91. The van der Waals surface area contributed by atoms with Crippen LogP contribution in [0.2, 0.25) is 0 Å². The molecule has 0 aromatic heterocycles. The molecule has 1 saturated carbocycles. The molecule has 2 N–H and O–H groups in total. The van der Waals surface area contributed by atoms with Crippen LogP contribution in [0.25, 0.3) is 0 Å². The molecule has 23 heavy (non-hydrogen) atoms. The van der Waals surface area contributed by atoms with Gasteiger partial charge in [0.1, 0.15) is 6.04 Å². The summed E-state index contributed by atoms with van der Waals surface area (Å²) in [6, 6.07) is 4.16. The summed E-state index contributed by atoms with van der Waals surface area (Å²) in [5.41, 5.74) is -0.731. The standard InChI is InChI=1S/C16H18F3NO3/c1-9(11-4-2-3-5-12(11)16(17,18)19)8-13(21)20-14(15(22)23)10-6-7-10/h2-5,9-10,14H,6-8H2,1H3,(H,20,21)(H,22,23). The second-order valence-corrected chi connectivity index (χ2v) is 5.91. The highest BCUT2D eigenvalue weighted by atomic mass is 19.4. The molecular weight excluding hydrogens is 311 g/mol. The Morgan fingerprint density at radius 2 is 1.91 bits per heavy atom. The van der Waals surface area contributed by atoms with Gasteiger partial charge in [-0.1, -0.05) is 25.1 Å². The van der Waals surface area contributed by atoms with Gasteiger partial charge in [0.2, 0.25) is 5.91 Å². The van der Waals surface area contributed by atoms with Gasteiger partial charge in [-0.2, -0.15) is 13.2 Å². The molecule has 4 nitrogen and oxygen atoms in total. The monoisotopic (exact) mass is 329 g/mol. The average molecular weight is 329 g/mol. The largest absolute Gasteiger partial charge is 0.480 e. The Morgan fingerprint density at radius 1 is 1.30 bits per heavy atom. The number of alkyl halides is 3. The molecule has 0 aliphatic heterocycles. The third-order valence-electron chi connectivity index (χ3n) is 3.96. The van der Waals surface area contributed by atoms with Crippen LogP contribution in [-0.4, -0.2) is 23.0 Å². The van der Waals surface area contributed by atoms with Crippen LogP contribution in [-0.2, 0) is 15.8 Å². The second kappa shape index (κ2) is 6.60. The van der Waals surface area contributed by atoms with E-state index in [1.807, 2.05) is 0 Å². The predicted molar refractivity (Wildman–Crippen MR) is 76.8 cm³/mol. The molecule has 1 aromatic rings. The Labute approximate surface area is 131 Å². The summed E-state index contributed by atoms with van der Waals surface area (Å²) in [5, 5.41) is 11.5. The van der Waals surface area contributed by atoms with Crippen molar-refractivity contribution < 1.29 is 27.9 Å². The molecule has 0 heterocycles. The van der Waals surface area contributed by atoms with Crippen molar-refractivity contribution in [2.75, 3.05) is 0 Å². The van der Waals surface area contributed by atoms with E-state index in [-0.39, 0.29) is 17.9 Å². The van der Waals surface area contributed by atoms with Gasteiger partial charge < -0.3 is 10.4 Å². The van der Waals surface area contributed by atoms with E-state index in [1.54, 1.807) is 0 Å². The molecule has 2 unspecified atom stereocenters. The predicted octanol–water partition coefficient (Wildman–Crippen LogP) is 3.18. The summed E-state index contributed by atoms with van der Waals surface area (Å²) in [7, 11) is 0. The lowest BCUT2D eigenvalue weighted by atomic mass is 9.92. The number of carboxylic acid groups (broad SMARTS) is 1. The SMILES string of the molecule is CC(CC(=O)NC(C(=O)O)C1CC1)c1ccccc1C(F)(F)F. The summed E-state index contributed by atoms with van der Waals surface area (Å²) in [6.07, 6.45) is -3.20. The van der Waals surface area contributed by atoms with Gasteiger partial charge in [0.05, 0.1) is 5.56 Å². The van der Waals surface area contributed by atoms with Crippen LogP contribution in [0.1, 0.15) is 43.2 Å². The maximum Gasteiger partial charge on any atom is 0.416 e. The number of aliphatic carboxylic acids is 1. The van der Waals surface area contributed by atoms with Crippen molar-refractivity contribution in [3.63, 3.8) is 0 Å². The first kappa shape index (κ1) is 17.3. The number of carbonyl (C=O) groups is 2. The molecule has 1 aliphatic rings. The fourth-order valence-corrected chi connectivity index (χ4v) is 2.62. The third kappa shape index (κ3) is 4.46. The van der Waals surface area contributed by atoms with E-state index < -0.39 is 35.6 Å². The highest BCUT2D eigenvalue weighted by Crippen LogP contribution is 2.36. The van der Waals surface area contributed by atoms with Crippen molar-refractivity contribution in [1.29, 1.82) is 0 Å². The molecule has 0 spiro atoms. The molecule has 1 amide bonds. The number of carboxylic acids is 1. The molecule has 2 atom stereocenters. The van der Waals surface area contributed by atoms with Crippen molar-refractivity contribution in [2.24, 2.45) is 5.92 Å². The third-order valence-corrected chi connectivity index (χ3v) is 3.96. The zero-order chi connectivity index (χ0) is 17.2. The van der Waals surface area contributed by atoms with Crippen LogP contribution in [0.4, 0.5) is 13.2 Å². The minimum atomic E-state index is -4.49. The summed E-state index contributed by atoms with van der Waals surface area (Å²) in [4.78, 5) is 23.1. The minimum absolute atomic E-state index is 0.0356. The van der Waals surface area contributed by atoms with E-state index in [9.17, 15) is 22.8 Å². The van der Waals surface area contributed by atoms with E-state index in [2.05, 4.69) is 5.32 Å². The van der Waals surface area contributed by atoms with E-state index in [0.29, 0.717) is 0 Å². The highest BCUT2D eigenvalue weighted by molar-refractivity contribution is 5.84. The smallest absolute Gasteiger partial charge is 0.416 e. The van der Waals surface area contributed by atoms with Gasteiger partial charge in [0.25, 0.3) is 0 Å². The quantitative estimate of drug-likeness (QED) is 0.842. The summed E-state index contributed by atoms with van der Waals surface area (Å²) < 4.78 is 39.0. The molecule has 0 bridgehead atoms. The number of hydrogen-bond donors (Lipinski definition) is 2. The first-order valence-electron chi connectivity index (χ1n) is 7.38. The van der Waals surface area contributed by atoms with Crippen molar-refractivity contribution in [3.05, 3.63) is 35.4 Å². The number of rotatable bonds is 6. The molecule has 126 valence electrons. The van der Waals surface area contributed by atoms with E-state index >= 15 is 0 Å². The van der Waals surface area contributed by atoms with Gasteiger partial charge in [-0.25, -0.2) is 4.79 Å². The molecule has 1 aromatic carbocycles. The number of halogens is 3. The summed E-state index contributed by atoms with van der Waals surface area (Å²) in [5.74, 6) is -2.39. The molecule has 0 radical (unpaired) electrons.